The van der Waals surface area contributed by atoms with Crippen molar-refractivity contribution in [2.45, 2.75) is 58.4 Å². The molecule has 0 spiro atoms. The molecule has 7 nitrogen and oxygen atoms in total. The first-order chi connectivity index (χ1) is 18.7. The number of hydrogen-bond acceptors (Lipinski definition) is 4. The molecule has 1 aliphatic heterocycles. The summed E-state index contributed by atoms with van der Waals surface area (Å²) in [5.41, 5.74) is 3.93. The van der Waals surface area contributed by atoms with Crippen molar-refractivity contribution in [1.82, 2.24) is 20.6 Å². The molecule has 1 saturated heterocycles. The third-order valence-corrected chi connectivity index (χ3v) is 8.52. The molecule has 2 heterocycles. The number of allylic oxidation sites excluding steroid dienone is 1. The number of halogens is 1. The van der Waals surface area contributed by atoms with Crippen molar-refractivity contribution in [3.63, 3.8) is 0 Å². The van der Waals surface area contributed by atoms with Gasteiger partial charge in [-0.05, 0) is 78.5 Å². The SMILES string of the molecule is CCNC(=O)C(NC(=O)C1(c2ccc3nc(/C=C(/c4ccccc4Cl)C4(C)CC4)[nH]c3c2)CCOC1)C(C)C. The number of aromatic nitrogens is 2. The zero-order valence-electron chi connectivity index (χ0n) is 23.1. The lowest BCUT2D eigenvalue weighted by molar-refractivity contribution is -0.133. The van der Waals surface area contributed by atoms with Crippen LogP contribution < -0.4 is 10.6 Å². The molecule has 1 aromatic heterocycles. The number of carbonyl (C=O) groups is 2. The minimum atomic E-state index is -0.876. The Balaban J connectivity index is 1.48. The molecule has 2 atom stereocenters. The Bertz CT molecular complexity index is 1420. The second-order valence-electron chi connectivity index (χ2n) is 11.4. The van der Waals surface area contributed by atoms with Crippen LogP contribution >= 0.6 is 11.6 Å². The average Bonchev–Trinajstić information content (AvgIpc) is 3.29. The van der Waals surface area contributed by atoms with E-state index in [0.717, 1.165) is 45.8 Å². The van der Waals surface area contributed by atoms with Gasteiger partial charge in [-0.3, -0.25) is 9.59 Å². The Morgan fingerprint density at radius 3 is 2.59 bits per heavy atom. The van der Waals surface area contributed by atoms with Gasteiger partial charge >= 0.3 is 0 Å². The van der Waals surface area contributed by atoms with E-state index >= 15 is 0 Å². The van der Waals surface area contributed by atoms with Gasteiger partial charge in [-0.1, -0.05) is 56.6 Å². The Hall–Kier alpha value is -3.16. The summed E-state index contributed by atoms with van der Waals surface area (Å²) in [4.78, 5) is 34.7. The van der Waals surface area contributed by atoms with E-state index in [1.165, 1.54) is 5.57 Å². The fourth-order valence-electron chi connectivity index (χ4n) is 5.45. The van der Waals surface area contributed by atoms with Gasteiger partial charge in [0.25, 0.3) is 0 Å². The Labute approximate surface area is 234 Å². The van der Waals surface area contributed by atoms with E-state index in [4.69, 9.17) is 21.3 Å². The van der Waals surface area contributed by atoms with Crippen LogP contribution in [0.1, 0.15) is 63.9 Å². The lowest BCUT2D eigenvalue weighted by Crippen LogP contribution is -2.55. The van der Waals surface area contributed by atoms with Crippen LogP contribution in [0.5, 0.6) is 0 Å². The maximum atomic E-state index is 13.8. The van der Waals surface area contributed by atoms with Gasteiger partial charge in [-0.15, -0.1) is 0 Å². The first-order valence-electron chi connectivity index (χ1n) is 13.8. The molecule has 0 bridgehead atoms. The van der Waals surface area contributed by atoms with Gasteiger partial charge in [-0.25, -0.2) is 4.98 Å². The van der Waals surface area contributed by atoms with Crippen LogP contribution in [0.25, 0.3) is 22.7 Å². The third-order valence-electron chi connectivity index (χ3n) is 8.19. The molecule has 1 aliphatic carbocycles. The summed E-state index contributed by atoms with van der Waals surface area (Å²) in [6.07, 6.45) is 4.87. The van der Waals surface area contributed by atoms with Crippen molar-refractivity contribution in [1.29, 1.82) is 0 Å². The van der Waals surface area contributed by atoms with Crippen LogP contribution in [0.4, 0.5) is 0 Å². The summed E-state index contributed by atoms with van der Waals surface area (Å²) in [7, 11) is 0. The van der Waals surface area contributed by atoms with E-state index < -0.39 is 11.5 Å². The number of benzene rings is 2. The molecule has 2 amide bonds. The molecule has 1 saturated carbocycles. The number of nitrogens with zero attached hydrogens (tertiary/aromatic N) is 1. The quantitative estimate of drug-likeness (QED) is 0.329. The van der Waals surface area contributed by atoms with Gasteiger partial charge in [0.05, 0.1) is 23.1 Å². The van der Waals surface area contributed by atoms with Gasteiger partial charge in [0.15, 0.2) is 0 Å². The van der Waals surface area contributed by atoms with Crippen molar-refractivity contribution in [3.05, 3.63) is 64.4 Å². The number of carbonyl (C=O) groups excluding carboxylic acids is 2. The Morgan fingerprint density at radius 2 is 1.95 bits per heavy atom. The van der Waals surface area contributed by atoms with E-state index in [9.17, 15) is 9.59 Å². The minimum Gasteiger partial charge on any atom is -0.380 e. The fraction of sp³-hybridized carbons (Fsp3) is 0.452. The molecule has 8 heteroatoms. The van der Waals surface area contributed by atoms with Gasteiger partial charge < -0.3 is 20.4 Å². The molecule has 2 aliphatic rings. The van der Waals surface area contributed by atoms with Gasteiger partial charge in [0.1, 0.15) is 11.9 Å². The molecule has 3 aromatic rings. The van der Waals surface area contributed by atoms with Crippen molar-refractivity contribution in [2.75, 3.05) is 19.8 Å². The van der Waals surface area contributed by atoms with Gasteiger partial charge in [0, 0.05) is 18.2 Å². The number of aromatic amines is 1. The smallest absolute Gasteiger partial charge is 0.242 e. The maximum absolute atomic E-state index is 13.8. The fourth-order valence-corrected chi connectivity index (χ4v) is 5.68. The van der Waals surface area contributed by atoms with Crippen LogP contribution in [-0.4, -0.2) is 47.6 Å². The number of rotatable bonds is 9. The molecule has 2 unspecified atom stereocenters. The predicted molar refractivity (Wildman–Crippen MR) is 155 cm³/mol. The number of nitrogens with one attached hydrogen (secondary N) is 3. The largest absolute Gasteiger partial charge is 0.380 e. The maximum Gasteiger partial charge on any atom is 0.242 e. The minimum absolute atomic E-state index is 0.0510. The van der Waals surface area contributed by atoms with E-state index in [-0.39, 0.29) is 29.8 Å². The molecule has 3 N–H and O–H groups in total. The van der Waals surface area contributed by atoms with Crippen LogP contribution in [0, 0.1) is 11.3 Å². The van der Waals surface area contributed by atoms with Crippen molar-refractivity contribution in [3.8, 4) is 0 Å². The van der Waals surface area contributed by atoms with Crippen molar-refractivity contribution in [2.24, 2.45) is 11.3 Å². The Morgan fingerprint density at radius 1 is 1.18 bits per heavy atom. The topological polar surface area (TPSA) is 96.1 Å². The molecule has 5 rings (SSSR count). The predicted octanol–water partition coefficient (Wildman–Crippen LogP) is 5.49. The summed E-state index contributed by atoms with van der Waals surface area (Å²) in [5.74, 6) is 0.341. The molecule has 206 valence electrons. The Kier molecular flexibility index (Phi) is 7.57. The van der Waals surface area contributed by atoms with Crippen molar-refractivity contribution < 1.29 is 14.3 Å². The number of amides is 2. The van der Waals surface area contributed by atoms with E-state index in [1.54, 1.807) is 0 Å². The number of H-pyrrole nitrogens is 1. The summed E-state index contributed by atoms with van der Waals surface area (Å²) >= 11 is 6.58. The highest BCUT2D eigenvalue weighted by atomic mass is 35.5. The highest BCUT2D eigenvalue weighted by molar-refractivity contribution is 6.32. The van der Waals surface area contributed by atoms with Crippen LogP contribution in [0.2, 0.25) is 5.02 Å². The molecule has 2 aromatic carbocycles. The van der Waals surface area contributed by atoms with Crippen LogP contribution in [0.3, 0.4) is 0 Å². The molecule has 2 fully saturated rings. The molecular weight excluding hydrogens is 512 g/mol. The molecule has 0 radical (unpaired) electrons. The highest BCUT2D eigenvalue weighted by Gasteiger charge is 2.46. The van der Waals surface area contributed by atoms with Crippen LogP contribution in [-0.2, 0) is 19.7 Å². The lowest BCUT2D eigenvalue weighted by atomic mass is 9.78. The summed E-state index contributed by atoms with van der Waals surface area (Å²) < 4.78 is 5.75. The van der Waals surface area contributed by atoms with Crippen molar-refractivity contribution >= 4 is 46.1 Å². The summed E-state index contributed by atoms with van der Waals surface area (Å²) in [6.45, 7) is 9.25. The summed E-state index contributed by atoms with van der Waals surface area (Å²) in [6, 6.07) is 13.2. The monoisotopic (exact) mass is 548 g/mol. The molecule has 39 heavy (non-hydrogen) atoms. The van der Waals surface area contributed by atoms with E-state index in [1.807, 2.05) is 57.2 Å². The number of hydrogen-bond donors (Lipinski definition) is 3. The molecular formula is C31H37ClN4O3. The number of fused-ring (bicyclic) bond motifs is 1. The average molecular weight is 549 g/mol. The second kappa shape index (κ2) is 10.8. The highest BCUT2D eigenvalue weighted by Crippen LogP contribution is 2.56. The normalized spacial score (nSPS) is 21.2. The van der Waals surface area contributed by atoms with E-state index in [0.29, 0.717) is 19.6 Å². The first-order valence-corrected chi connectivity index (χ1v) is 14.2. The third kappa shape index (κ3) is 5.35. The van der Waals surface area contributed by atoms with E-state index in [2.05, 4.69) is 34.7 Å². The van der Waals surface area contributed by atoms with Crippen LogP contribution in [0.15, 0.2) is 42.5 Å². The van der Waals surface area contributed by atoms with Gasteiger partial charge in [0.2, 0.25) is 11.8 Å². The zero-order chi connectivity index (χ0) is 27.8. The first kappa shape index (κ1) is 27.4. The number of imidazole rings is 1. The number of ether oxygens (including phenoxy) is 1. The zero-order valence-corrected chi connectivity index (χ0v) is 23.8. The lowest BCUT2D eigenvalue weighted by Gasteiger charge is -2.30. The summed E-state index contributed by atoms with van der Waals surface area (Å²) in [5, 5.41) is 6.60. The standard InChI is InChI=1S/C31H37ClN4O3/c1-5-33-28(37)27(19(2)3)36-29(38)31(14-15-39-18-31)20-10-11-24-25(16-20)35-26(34-24)17-22(30(4)12-13-30)21-8-6-7-9-23(21)32/h6-11,16-17,19,27H,5,12-15,18H2,1-4H3,(H,33,37)(H,34,35)(H,36,38)/b22-17-. The van der Waals surface area contributed by atoms with Gasteiger partial charge in [-0.2, -0.15) is 0 Å². The number of likely N-dealkylation sites (N-methyl/N-ethyl adjacent to an activating group) is 1. The second-order valence-corrected chi connectivity index (χ2v) is 11.8.